The Morgan fingerprint density at radius 2 is 1.53 bits per heavy atom. The molecule has 0 aromatic rings. The zero-order chi connectivity index (χ0) is 13.9. The van der Waals surface area contributed by atoms with Crippen molar-refractivity contribution in [2.45, 2.75) is 18.4 Å². The Kier molecular flexibility index (Phi) is 12.2. The predicted octanol–water partition coefficient (Wildman–Crippen LogP) is -8.95. The standard InChI is InChI=1S/C6H9O10P.2Na/c7-3(8)1-6(12,5(10)11)2-4(9)16-17(13,14)15;;/h12H,1-2H2,(H,7,8)(H,10,11)(H2,13,14,15);;/q;2*+1/p-2. The normalized spacial score (nSPS) is 13.2. The van der Waals surface area contributed by atoms with Crippen LogP contribution in [-0.4, -0.2) is 38.8 Å². The Morgan fingerprint density at radius 3 is 1.79 bits per heavy atom. The topological polar surface area (TPSA) is 184 Å². The van der Waals surface area contributed by atoms with Crippen LogP contribution in [0.2, 0.25) is 0 Å². The van der Waals surface area contributed by atoms with Crippen molar-refractivity contribution < 1.29 is 108 Å². The molecule has 1 atom stereocenters. The van der Waals surface area contributed by atoms with Gasteiger partial charge in [-0.1, -0.05) is 0 Å². The van der Waals surface area contributed by atoms with E-state index in [-0.39, 0.29) is 59.1 Å². The maximum atomic E-state index is 10.7. The molecule has 98 valence electrons. The second-order valence-corrected chi connectivity index (χ2v) is 4.07. The van der Waals surface area contributed by atoms with E-state index in [0.717, 1.165) is 0 Å². The fourth-order valence-electron chi connectivity index (χ4n) is 0.860. The summed E-state index contributed by atoms with van der Waals surface area (Å²) in [6, 6.07) is 0. The van der Waals surface area contributed by atoms with Crippen LogP contribution in [0.3, 0.4) is 0 Å². The fourth-order valence-corrected chi connectivity index (χ4v) is 1.17. The van der Waals surface area contributed by atoms with Crippen molar-refractivity contribution in [3.05, 3.63) is 0 Å². The molecule has 0 saturated heterocycles. The molecule has 0 aliphatic rings. The Bertz CT molecular complexity index is 391. The van der Waals surface area contributed by atoms with Gasteiger partial charge in [-0.25, -0.2) is 4.79 Å². The minimum atomic E-state index is -5.67. The first-order valence-electron chi connectivity index (χ1n) is 3.88. The Morgan fingerprint density at radius 1 is 1.11 bits per heavy atom. The van der Waals surface area contributed by atoms with E-state index in [1.165, 1.54) is 0 Å². The molecule has 0 spiro atoms. The van der Waals surface area contributed by atoms with Crippen molar-refractivity contribution in [2.24, 2.45) is 0 Å². The summed E-state index contributed by atoms with van der Waals surface area (Å²) in [7, 11) is -5.67. The van der Waals surface area contributed by atoms with Crippen LogP contribution in [0.4, 0.5) is 0 Å². The monoisotopic (exact) mass is 316 g/mol. The number of carbonyl (C=O) groups is 3. The summed E-state index contributed by atoms with van der Waals surface area (Å²) in [5.41, 5.74) is -3.04. The van der Waals surface area contributed by atoms with E-state index in [4.69, 9.17) is 10.2 Å². The van der Waals surface area contributed by atoms with Gasteiger partial charge in [-0.15, -0.1) is 0 Å². The smallest absolute Gasteiger partial charge is 0.780 e. The Balaban J connectivity index is -0.00000128. The molecule has 3 N–H and O–H groups in total. The number of aliphatic carboxylic acids is 2. The van der Waals surface area contributed by atoms with Gasteiger partial charge in [-0.05, 0) is 0 Å². The zero-order valence-corrected chi connectivity index (χ0v) is 15.0. The molecule has 0 saturated carbocycles. The van der Waals surface area contributed by atoms with Crippen molar-refractivity contribution in [3.8, 4) is 0 Å². The average Bonchev–Trinajstić information content (AvgIpc) is 1.96. The van der Waals surface area contributed by atoms with Gasteiger partial charge in [0.05, 0.1) is 12.8 Å². The number of phosphoric acid groups is 1. The van der Waals surface area contributed by atoms with Gasteiger partial charge >= 0.3 is 77.0 Å². The molecule has 13 heteroatoms. The van der Waals surface area contributed by atoms with Crippen LogP contribution in [0.15, 0.2) is 0 Å². The van der Waals surface area contributed by atoms with Gasteiger partial charge in [0.15, 0.2) is 5.60 Å². The molecule has 0 bridgehead atoms. The third kappa shape index (κ3) is 10.9. The van der Waals surface area contributed by atoms with Gasteiger partial charge in [0.2, 0.25) is 0 Å². The first-order chi connectivity index (χ1) is 7.46. The molecule has 0 aliphatic heterocycles. The van der Waals surface area contributed by atoms with E-state index in [2.05, 4.69) is 4.52 Å². The maximum absolute atomic E-state index is 10.7. The third-order valence-electron chi connectivity index (χ3n) is 1.49. The first kappa shape index (κ1) is 24.5. The molecule has 10 nitrogen and oxygen atoms in total. The van der Waals surface area contributed by atoms with E-state index in [1.54, 1.807) is 0 Å². The summed E-state index contributed by atoms with van der Waals surface area (Å²) in [6.45, 7) is 0. The predicted molar refractivity (Wildman–Crippen MR) is 43.2 cm³/mol. The third-order valence-corrected chi connectivity index (χ3v) is 1.92. The second kappa shape index (κ2) is 9.46. The summed E-state index contributed by atoms with van der Waals surface area (Å²) in [5.74, 6) is -5.66. The summed E-state index contributed by atoms with van der Waals surface area (Å²) in [6.07, 6.45) is -2.84. The zero-order valence-electron chi connectivity index (χ0n) is 10.1. The van der Waals surface area contributed by atoms with E-state index in [1.807, 2.05) is 0 Å². The molecule has 1 unspecified atom stereocenters. The van der Waals surface area contributed by atoms with Crippen LogP contribution in [0.5, 0.6) is 0 Å². The van der Waals surface area contributed by atoms with Crippen molar-refractivity contribution in [2.75, 3.05) is 0 Å². The molecular formula is C6H7Na2O10P. The van der Waals surface area contributed by atoms with Crippen LogP contribution in [0.1, 0.15) is 12.8 Å². The number of hydrogen-bond donors (Lipinski definition) is 3. The molecule has 0 fully saturated rings. The second-order valence-electron chi connectivity index (χ2n) is 2.99. The van der Waals surface area contributed by atoms with E-state index in [9.17, 15) is 33.8 Å². The van der Waals surface area contributed by atoms with Crippen molar-refractivity contribution in [1.29, 1.82) is 0 Å². The molecule has 19 heavy (non-hydrogen) atoms. The molecule has 0 amide bonds. The fraction of sp³-hybridized carbons (Fsp3) is 0.500. The van der Waals surface area contributed by atoms with Gasteiger partial charge in [0.1, 0.15) is 7.82 Å². The molecule has 0 radical (unpaired) electrons. The number of carbonyl (C=O) groups excluding carboxylic acids is 1. The van der Waals surface area contributed by atoms with E-state index in [0.29, 0.717) is 0 Å². The van der Waals surface area contributed by atoms with Gasteiger partial charge in [0, 0.05) is 0 Å². The van der Waals surface area contributed by atoms with Crippen molar-refractivity contribution in [3.63, 3.8) is 0 Å². The number of carboxylic acid groups (broad SMARTS) is 2. The number of rotatable bonds is 6. The van der Waals surface area contributed by atoms with Gasteiger partial charge in [-0.2, -0.15) is 0 Å². The minimum absolute atomic E-state index is 0. The summed E-state index contributed by atoms with van der Waals surface area (Å²) in [4.78, 5) is 51.5. The largest absolute Gasteiger partial charge is 1.00 e. The first-order valence-corrected chi connectivity index (χ1v) is 5.34. The Labute approximate surface area is 151 Å². The molecule has 0 rings (SSSR count). The van der Waals surface area contributed by atoms with Gasteiger partial charge < -0.3 is 34.2 Å². The van der Waals surface area contributed by atoms with E-state index >= 15 is 0 Å². The maximum Gasteiger partial charge on any atom is 1.00 e. The summed E-state index contributed by atoms with van der Waals surface area (Å²) in [5, 5.41) is 26.0. The number of phosphoric ester groups is 1. The van der Waals surface area contributed by atoms with Crippen LogP contribution >= 0.6 is 7.82 Å². The SMILES string of the molecule is O=C(O)CC(O)(CC(=O)OP(=O)([O-])[O-])C(=O)O.[Na+].[Na+]. The van der Waals surface area contributed by atoms with Crippen molar-refractivity contribution in [1.82, 2.24) is 0 Å². The van der Waals surface area contributed by atoms with Gasteiger partial charge in [0.25, 0.3) is 0 Å². The molecule has 0 aromatic carbocycles. The number of hydrogen-bond acceptors (Lipinski definition) is 8. The molecule has 0 aliphatic carbocycles. The molecular weight excluding hydrogens is 309 g/mol. The van der Waals surface area contributed by atoms with Crippen LogP contribution in [0, 0.1) is 0 Å². The minimum Gasteiger partial charge on any atom is -0.780 e. The average molecular weight is 316 g/mol. The molecule has 0 heterocycles. The van der Waals surface area contributed by atoms with Crippen LogP contribution < -0.4 is 68.9 Å². The van der Waals surface area contributed by atoms with Gasteiger partial charge in [-0.3, -0.25) is 9.59 Å². The quantitative estimate of drug-likeness (QED) is 0.314. The van der Waals surface area contributed by atoms with Crippen LogP contribution in [-0.2, 0) is 23.5 Å². The van der Waals surface area contributed by atoms with Crippen LogP contribution in [0.25, 0.3) is 0 Å². The summed E-state index contributed by atoms with van der Waals surface area (Å²) < 4.78 is 13.3. The summed E-state index contributed by atoms with van der Waals surface area (Å²) >= 11 is 0. The van der Waals surface area contributed by atoms with E-state index < -0.39 is 44.2 Å². The number of aliphatic hydroxyl groups is 1. The molecule has 0 aromatic heterocycles. The number of carboxylic acids is 2. The Hall–Kier alpha value is 0.520. The van der Waals surface area contributed by atoms with Crippen molar-refractivity contribution >= 4 is 25.7 Å².